The van der Waals surface area contributed by atoms with Gasteiger partial charge in [-0.05, 0) is 183 Å². The van der Waals surface area contributed by atoms with Crippen LogP contribution in [0.25, 0.3) is 0 Å². The van der Waals surface area contributed by atoms with E-state index in [1.165, 1.54) is 24.3 Å². The molecule has 2 heterocycles. The van der Waals surface area contributed by atoms with Gasteiger partial charge in [0.1, 0.15) is 29.3 Å². The van der Waals surface area contributed by atoms with Gasteiger partial charge < -0.3 is 65.5 Å². The summed E-state index contributed by atoms with van der Waals surface area (Å²) in [6.45, 7) is 14.8. The summed E-state index contributed by atoms with van der Waals surface area (Å²) in [4.78, 5) is 41.9. The number of piperidine rings is 2. The highest BCUT2D eigenvalue weighted by atomic mass is 35.5. The van der Waals surface area contributed by atoms with Crippen molar-refractivity contribution >= 4 is 84.6 Å². The van der Waals surface area contributed by atoms with E-state index in [-0.39, 0.29) is 118 Å². The zero-order valence-corrected chi connectivity index (χ0v) is 59.2. The van der Waals surface area contributed by atoms with Crippen LogP contribution in [0.5, 0.6) is 11.5 Å². The Morgan fingerprint density at radius 1 is 0.579 bits per heavy atom. The number of fused-ring (bicyclic) bond motifs is 2. The van der Waals surface area contributed by atoms with Crippen molar-refractivity contribution in [3.8, 4) is 11.5 Å². The molecule has 30 heteroatoms. The van der Waals surface area contributed by atoms with Gasteiger partial charge in [-0.3, -0.25) is 9.80 Å². The van der Waals surface area contributed by atoms with Crippen LogP contribution in [-0.4, -0.2) is 192 Å². The van der Waals surface area contributed by atoms with Gasteiger partial charge in [-0.25, -0.2) is 40.7 Å². The summed E-state index contributed by atoms with van der Waals surface area (Å²) in [6, 6.07) is 17.8. The number of rotatable bonds is 34. The lowest BCUT2D eigenvalue weighted by Crippen LogP contribution is -2.53. The fourth-order valence-electron chi connectivity index (χ4n) is 12.0. The molecule has 4 aliphatic rings. The molecular weight excluding hydrogens is 1350 g/mol. The van der Waals surface area contributed by atoms with Gasteiger partial charge in [0, 0.05) is 94.7 Å². The summed E-state index contributed by atoms with van der Waals surface area (Å²) in [7, 11) is -7.79. The molecule has 0 bridgehead atoms. The number of nitrogens with two attached hydrogens (primary N) is 1. The summed E-state index contributed by atoms with van der Waals surface area (Å²) in [5.74, 6) is 0.976. The first-order valence-electron chi connectivity index (χ1n) is 32.4. The van der Waals surface area contributed by atoms with Crippen LogP contribution in [-0.2, 0) is 56.6 Å². The standard InChI is InChI=1S/C65H92Cl4N10O14S2/c1-42(76-94(83,84)50-16-12-48(13-17-50)91-60-54-32-44(66)34-56(68)52(54)36-58(60)78-24-8-10-46(70)38-78)40-89-30-28-87-26-22-73-62(80)71-20-6-7-21-72-63(81)74-23-27-88-29-31-90-41-43(2)77-95(85,86)51-18-14-49(15-19-51)92-61-55-33-45(67)35-57(69)53(55)37-59(61)79-25-9-11-47(39-79)75-64(82)93-65(3,4)5/h12-19,32-35,42-43,46-47,58-61,76-77H,6-11,20-31,36-41,70H2,1-5H3,(H,75,82)(H2,71,73,80)(H2,72,74,81)/t42-,43-,46+,47+,58-,59-,60-,61?/m0/s1. The molecule has 1 unspecified atom stereocenters. The normalized spacial score (nSPS) is 20.7. The van der Waals surface area contributed by atoms with E-state index in [4.69, 9.17) is 85.3 Å². The zero-order chi connectivity index (χ0) is 68.3. The zero-order valence-electron chi connectivity index (χ0n) is 54.5. The average Bonchev–Trinajstić information content (AvgIpc) is 1.63. The van der Waals surface area contributed by atoms with Crippen molar-refractivity contribution in [2.75, 3.05) is 105 Å². The van der Waals surface area contributed by atoms with Gasteiger partial charge in [-0.2, -0.15) is 0 Å². The second-order valence-corrected chi connectivity index (χ2v) is 30.5. The molecule has 95 heavy (non-hydrogen) atoms. The number of unbranched alkanes of at least 4 members (excludes halogenated alkanes) is 1. The molecule has 24 nitrogen and oxygen atoms in total. The Morgan fingerprint density at radius 2 is 1.00 bits per heavy atom. The minimum absolute atomic E-state index is 0.00310. The summed E-state index contributed by atoms with van der Waals surface area (Å²) >= 11 is 26.3. The Labute approximate surface area is 578 Å². The number of ether oxygens (including phenoxy) is 7. The third-order valence-electron chi connectivity index (χ3n) is 16.4. The van der Waals surface area contributed by atoms with E-state index in [0.717, 1.165) is 67.6 Å². The Kier molecular flexibility index (Phi) is 28.9. The minimum Gasteiger partial charge on any atom is -0.484 e. The molecule has 0 spiro atoms. The Bertz CT molecular complexity index is 3400. The fourth-order valence-corrected chi connectivity index (χ4v) is 15.7. The summed E-state index contributed by atoms with van der Waals surface area (Å²) < 4.78 is 99.8. The van der Waals surface area contributed by atoms with Gasteiger partial charge >= 0.3 is 18.2 Å². The van der Waals surface area contributed by atoms with Crippen molar-refractivity contribution in [3.05, 3.63) is 115 Å². The van der Waals surface area contributed by atoms with Crippen LogP contribution in [0.4, 0.5) is 14.4 Å². The summed E-state index contributed by atoms with van der Waals surface area (Å²) in [5.41, 5.74) is 9.43. The molecule has 526 valence electrons. The number of benzene rings is 4. The molecule has 2 aliphatic carbocycles. The number of halogens is 4. The molecule has 8 atom stereocenters. The quantitative estimate of drug-likeness (QED) is 0.0204. The number of nitrogens with one attached hydrogen (secondary N) is 7. The van der Waals surface area contributed by atoms with E-state index in [0.29, 0.717) is 76.9 Å². The Morgan fingerprint density at radius 3 is 1.44 bits per heavy atom. The second kappa shape index (κ2) is 36.2. The van der Waals surface area contributed by atoms with Gasteiger partial charge in [0.2, 0.25) is 20.0 Å². The van der Waals surface area contributed by atoms with Crippen molar-refractivity contribution in [2.24, 2.45) is 5.73 Å². The van der Waals surface area contributed by atoms with E-state index < -0.39 is 49.9 Å². The van der Waals surface area contributed by atoms with Crippen LogP contribution in [0.2, 0.25) is 20.1 Å². The predicted molar refractivity (Wildman–Crippen MR) is 365 cm³/mol. The largest absolute Gasteiger partial charge is 0.484 e. The minimum atomic E-state index is -3.92. The summed E-state index contributed by atoms with van der Waals surface area (Å²) in [6.07, 6.45) is 4.88. The number of urea groups is 2. The van der Waals surface area contributed by atoms with E-state index in [1.54, 1.807) is 50.2 Å². The lowest BCUT2D eigenvalue weighted by Gasteiger charge is -2.39. The van der Waals surface area contributed by atoms with Crippen molar-refractivity contribution in [3.63, 3.8) is 0 Å². The maximum Gasteiger partial charge on any atom is 0.407 e. The van der Waals surface area contributed by atoms with Gasteiger partial charge in [0.25, 0.3) is 0 Å². The van der Waals surface area contributed by atoms with Crippen LogP contribution >= 0.6 is 46.4 Å². The van der Waals surface area contributed by atoms with Gasteiger partial charge in [0.05, 0.1) is 74.7 Å². The fraction of sp³-hybridized carbons (Fsp3) is 0.585. The third-order valence-corrected chi connectivity index (χ3v) is 20.7. The van der Waals surface area contributed by atoms with E-state index in [1.807, 2.05) is 32.9 Å². The maximum absolute atomic E-state index is 13.4. The smallest absolute Gasteiger partial charge is 0.407 e. The Balaban J connectivity index is 0.606. The summed E-state index contributed by atoms with van der Waals surface area (Å²) in [5, 5.41) is 16.1. The number of alkyl carbamates (subject to hydrolysis) is 1. The third kappa shape index (κ3) is 23.6. The number of carbonyl (C=O) groups is 3. The first-order valence-corrected chi connectivity index (χ1v) is 36.9. The molecule has 2 saturated heterocycles. The molecule has 8 rings (SSSR count). The van der Waals surface area contributed by atoms with Gasteiger partial charge in [-0.1, -0.05) is 46.4 Å². The lowest BCUT2D eigenvalue weighted by atomic mass is 10.0. The molecule has 4 aromatic rings. The first-order chi connectivity index (χ1) is 45.3. The van der Waals surface area contributed by atoms with Gasteiger partial charge in [-0.15, -0.1) is 0 Å². The lowest BCUT2D eigenvalue weighted by molar-refractivity contribution is 0.0361. The molecule has 0 aromatic heterocycles. The number of nitrogens with zero attached hydrogens (tertiary/aromatic N) is 2. The first kappa shape index (κ1) is 75.8. The van der Waals surface area contributed by atoms with E-state index in [2.05, 4.69) is 45.8 Å². The number of amides is 5. The number of hydrogen-bond acceptors (Lipinski definition) is 17. The van der Waals surface area contributed by atoms with E-state index >= 15 is 0 Å². The van der Waals surface area contributed by atoms with Crippen LogP contribution in [0, 0.1) is 0 Å². The highest BCUT2D eigenvalue weighted by Gasteiger charge is 2.43. The number of sulfonamides is 2. The molecule has 9 N–H and O–H groups in total. The topological polar surface area (TPSA) is 301 Å². The van der Waals surface area contributed by atoms with E-state index in [9.17, 15) is 31.2 Å². The molecule has 0 saturated carbocycles. The maximum atomic E-state index is 13.4. The molecule has 0 radical (unpaired) electrons. The van der Waals surface area contributed by atoms with Gasteiger partial charge in [0.15, 0.2) is 0 Å². The highest BCUT2D eigenvalue weighted by molar-refractivity contribution is 7.89. The number of carbonyl (C=O) groups excluding carboxylic acids is 3. The van der Waals surface area contributed by atoms with Crippen molar-refractivity contribution in [1.82, 2.24) is 45.8 Å². The van der Waals surface area contributed by atoms with Crippen molar-refractivity contribution < 1.29 is 64.4 Å². The average molecular weight is 1440 g/mol. The molecule has 2 aliphatic heterocycles. The van der Waals surface area contributed by atoms with Crippen molar-refractivity contribution in [2.45, 2.75) is 150 Å². The SMILES string of the molecule is C[C@@H](COCCOCCNC(=O)NCCCCNC(=O)NCCOCCOC[C@H](C)NS(=O)(=O)c1ccc(O[C@H]2c3cc(Cl)cc(Cl)c3C[C@@H]2N2CCC[C@@H](N)C2)cc1)NS(=O)(=O)c1ccc(OC2c3cc(Cl)cc(Cl)c3C[C@@H]2N2CCC[C@@H](NC(=O)OC(C)(C)C)C2)cc1. The van der Waals surface area contributed by atoms with Crippen LogP contribution in [0.3, 0.4) is 0 Å². The predicted octanol–water partition coefficient (Wildman–Crippen LogP) is 8.28. The van der Waals surface area contributed by atoms with Crippen LogP contribution in [0.15, 0.2) is 82.6 Å². The van der Waals surface area contributed by atoms with Crippen molar-refractivity contribution in [1.29, 1.82) is 0 Å². The Hall–Kier alpha value is -5.01. The number of likely N-dealkylation sites (tertiary alicyclic amines) is 2. The highest BCUT2D eigenvalue weighted by Crippen LogP contribution is 2.45. The van der Waals surface area contributed by atoms with Crippen LogP contribution in [0.1, 0.15) is 108 Å². The van der Waals surface area contributed by atoms with Crippen LogP contribution < -0.4 is 51.2 Å². The second-order valence-electron chi connectivity index (χ2n) is 25.3. The molecule has 5 amide bonds. The molecule has 4 aromatic carbocycles. The monoisotopic (exact) mass is 1440 g/mol. The molecular formula is C65H92Cl4N10O14S2. The molecule has 2 fully saturated rings. The number of hydrogen-bond donors (Lipinski definition) is 8.